The lowest BCUT2D eigenvalue weighted by Crippen LogP contribution is -2.67. The van der Waals surface area contributed by atoms with E-state index in [1.165, 1.54) is 18.5 Å². The fraction of sp³-hybridized carbons (Fsp3) is 0.636. The number of carboxylic acids is 1. The molecule has 79 heavy (non-hydrogen) atoms. The van der Waals surface area contributed by atoms with Crippen LogP contribution in [-0.2, 0) is 47.5 Å². The number of benzene rings is 2. The van der Waals surface area contributed by atoms with Crippen molar-refractivity contribution in [3.63, 3.8) is 0 Å². The second-order valence-electron chi connectivity index (χ2n) is 21.5. The molecule has 3 aromatic rings. The van der Waals surface area contributed by atoms with Gasteiger partial charge in [0, 0.05) is 23.6 Å². The summed E-state index contributed by atoms with van der Waals surface area (Å²) in [6, 6.07) is 14.1. The Morgan fingerprint density at radius 2 is 1.47 bits per heavy atom. The first-order valence-electron chi connectivity index (χ1n) is 27.1. The summed E-state index contributed by atoms with van der Waals surface area (Å²) in [5.74, 6) is -1.61. The normalized spacial score (nSPS) is 36.6. The molecule has 24 nitrogen and oxygen atoms in total. The van der Waals surface area contributed by atoms with Crippen LogP contribution in [0.5, 0.6) is 5.75 Å². The Kier molecular flexibility index (Phi) is 19.6. The molecule has 4 aliphatic heterocycles. The van der Waals surface area contributed by atoms with Crippen molar-refractivity contribution in [1.82, 2.24) is 20.3 Å². The maximum absolute atomic E-state index is 13.1. The number of aliphatic carboxylic acids is 1. The number of carbonyl (C=O) groups is 2. The summed E-state index contributed by atoms with van der Waals surface area (Å²) in [7, 11) is 0. The summed E-state index contributed by atoms with van der Waals surface area (Å²) in [5, 5.41) is 111. The summed E-state index contributed by atoms with van der Waals surface area (Å²) >= 11 is 0. The molecule has 3 saturated heterocycles. The SMILES string of the molecule is C=C1Oc2ccccc2C=C1COC1C(O)[C@@H](OCC2C[C@@H](n3cc(-c4ccccc4)nn3)C(O[C@@H]3OC(C)[C@@H](O)[C@H](O)C3O)[C@H](O[C@@H]3OC(CO)[C@H](O)C(O[C@@H](CC4CCCCC4)C(=O)O)C3NC(C)=O)C2)O[C@H](CO)[C@H]1O. The van der Waals surface area contributed by atoms with Gasteiger partial charge in [-0.25, -0.2) is 9.48 Å². The van der Waals surface area contributed by atoms with Crippen LogP contribution in [0.25, 0.3) is 17.3 Å². The highest BCUT2D eigenvalue weighted by Gasteiger charge is 2.54. The second-order valence-corrected chi connectivity index (χ2v) is 21.5. The Labute approximate surface area is 456 Å². The van der Waals surface area contributed by atoms with E-state index in [1.54, 1.807) is 12.3 Å². The molecular formula is C55H74N4O20. The van der Waals surface area contributed by atoms with Gasteiger partial charge in [-0.2, -0.15) is 0 Å². The number of aliphatic hydroxyl groups excluding tert-OH is 8. The third-order valence-corrected chi connectivity index (χ3v) is 15.9. The first-order chi connectivity index (χ1) is 38.0. The molecule has 9 unspecified atom stereocenters. The lowest BCUT2D eigenvalue weighted by atomic mass is 9.81. The fourth-order valence-corrected chi connectivity index (χ4v) is 11.6. The zero-order valence-electron chi connectivity index (χ0n) is 44.0. The quantitative estimate of drug-likeness (QED) is 0.0745. The molecule has 2 aliphatic carbocycles. The highest BCUT2D eigenvalue weighted by atomic mass is 16.7. The molecule has 20 atom stereocenters. The first-order valence-corrected chi connectivity index (χ1v) is 27.1. The zero-order chi connectivity index (χ0) is 56.1. The van der Waals surface area contributed by atoms with E-state index >= 15 is 0 Å². The summed E-state index contributed by atoms with van der Waals surface area (Å²) < 4.78 is 58.0. The molecule has 1 amide bonds. The average molecular weight is 1110 g/mol. The van der Waals surface area contributed by atoms with E-state index < -0.39 is 147 Å². The van der Waals surface area contributed by atoms with Crippen molar-refractivity contribution < 1.29 is 98.2 Å². The van der Waals surface area contributed by atoms with Crippen LogP contribution in [0.3, 0.4) is 0 Å². The molecule has 434 valence electrons. The van der Waals surface area contributed by atoms with E-state index in [4.69, 9.17) is 42.6 Å². The molecule has 0 spiro atoms. The van der Waals surface area contributed by atoms with Crippen molar-refractivity contribution in [3.8, 4) is 17.0 Å². The van der Waals surface area contributed by atoms with Crippen molar-refractivity contribution in [1.29, 1.82) is 0 Å². The number of ether oxygens (including phenoxy) is 9. The standard InChI is InChI=1S/C55H74N4O20/c1-27-34(21-33-16-10-11-17-37(33)73-27)26-71-51-45(65)41(24-61)78-54(48(51)68)72-25-31-18-36(59-22-35(57-58-59)32-14-8-5-9-15-32)49(79-55-47(67)46(66)43(63)28(2)74-55)38(20-31)76-53-42(56-29(3)62)50(44(64)40(23-60)77-53)75-39(52(69)70)19-30-12-6-4-7-13-30/h5,8-11,14-17,21-22,28,30-31,36,38-51,53-55,60-61,63-68H,1,4,6-7,12-13,18-20,23-26H2,2-3H3,(H,56,62)(H,69,70)/t28?,31?,36-,38-,39+,40?,41-,42?,43-,44+,45-,46+,47?,48?,49?,50?,51?,53-,54+,55+/m1/s1. The minimum Gasteiger partial charge on any atom is -0.479 e. The summed E-state index contributed by atoms with van der Waals surface area (Å²) in [5.41, 5.74) is 2.48. The van der Waals surface area contributed by atoms with Gasteiger partial charge in [-0.3, -0.25) is 4.79 Å². The van der Waals surface area contributed by atoms with Gasteiger partial charge in [0.25, 0.3) is 0 Å². The number of rotatable bonds is 20. The molecule has 2 aromatic carbocycles. The third kappa shape index (κ3) is 13.6. The zero-order valence-corrected chi connectivity index (χ0v) is 44.0. The topological polar surface area (TPSA) is 342 Å². The Balaban J connectivity index is 1.04. The van der Waals surface area contributed by atoms with Crippen molar-refractivity contribution >= 4 is 18.0 Å². The van der Waals surface area contributed by atoms with Gasteiger partial charge in [-0.15, -0.1) is 5.10 Å². The predicted octanol–water partition coefficient (Wildman–Crippen LogP) is 0.716. The number of aliphatic hydroxyl groups is 8. The number of carboxylic acid groups (broad SMARTS) is 1. The molecule has 24 heteroatoms. The number of para-hydroxylation sites is 1. The maximum atomic E-state index is 13.1. The van der Waals surface area contributed by atoms with E-state index in [2.05, 4.69) is 22.2 Å². The number of aromatic nitrogens is 3. The van der Waals surface area contributed by atoms with Gasteiger partial charge in [0.15, 0.2) is 25.0 Å². The number of carbonyl (C=O) groups excluding carboxylic acids is 1. The highest BCUT2D eigenvalue weighted by Crippen LogP contribution is 2.42. The molecule has 0 bridgehead atoms. The average Bonchev–Trinajstić information content (AvgIpc) is 4.08. The second kappa shape index (κ2) is 26.4. The monoisotopic (exact) mass is 1110 g/mol. The van der Waals surface area contributed by atoms with Crippen LogP contribution in [0.2, 0.25) is 0 Å². The van der Waals surface area contributed by atoms with E-state index in [0.29, 0.717) is 28.3 Å². The van der Waals surface area contributed by atoms with Gasteiger partial charge in [0.1, 0.15) is 90.4 Å². The van der Waals surface area contributed by atoms with Crippen molar-refractivity contribution in [3.05, 3.63) is 84.3 Å². The number of nitrogens with zero attached hydrogens (tertiary/aromatic N) is 3. The molecule has 5 heterocycles. The first kappa shape index (κ1) is 58.8. The molecule has 10 N–H and O–H groups in total. The molecule has 5 fully saturated rings. The van der Waals surface area contributed by atoms with Crippen LogP contribution in [0.15, 0.2) is 78.7 Å². The number of hydrogen-bond donors (Lipinski definition) is 10. The van der Waals surface area contributed by atoms with Gasteiger partial charge < -0.3 is 93.9 Å². The lowest BCUT2D eigenvalue weighted by Gasteiger charge is -2.49. The fourth-order valence-electron chi connectivity index (χ4n) is 11.6. The van der Waals surface area contributed by atoms with Crippen LogP contribution >= 0.6 is 0 Å². The van der Waals surface area contributed by atoms with Gasteiger partial charge >= 0.3 is 5.97 Å². The molecule has 6 aliphatic rings. The Morgan fingerprint density at radius 1 is 0.772 bits per heavy atom. The number of fused-ring (bicyclic) bond motifs is 1. The number of amides is 1. The smallest absolute Gasteiger partial charge is 0.332 e. The van der Waals surface area contributed by atoms with Gasteiger partial charge in [-0.1, -0.05) is 92.4 Å². The largest absolute Gasteiger partial charge is 0.479 e. The van der Waals surface area contributed by atoms with Crippen molar-refractivity contribution in [2.75, 3.05) is 26.4 Å². The lowest BCUT2D eigenvalue weighted by molar-refractivity contribution is -0.340. The van der Waals surface area contributed by atoms with Crippen LogP contribution in [0, 0.1) is 11.8 Å². The minimum atomic E-state index is -1.79. The summed E-state index contributed by atoms with van der Waals surface area (Å²) in [4.78, 5) is 26.0. The Hall–Kier alpha value is -4.84. The Bertz CT molecular complexity index is 2530. The number of nitrogens with one attached hydrogen (secondary N) is 1. The van der Waals surface area contributed by atoms with Gasteiger partial charge in [0.05, 0.1) is 50.9 Å². The van der Waals surface area contributed by atoms with E-state index in [0.717, 1.165) is 37.7 Å². The van der Waals surface area contributed by atoms with Gasteiger partial charge in [-0.05, 0) is 50.2 Å². The molecule has 2 saturated carbocycles. The van der Waals surface area contributed by atoms with Crippen molar-refractivity contribution in [2.45, 2.75) is 182 Å². The summed E-state index contributed by atoms with van der Waals surface area (Å²) in [6.45, 7) is 4.87. The third-order valence-electron chi connectivity index (χ3n) is 15.9. The molecule has 1 aromatic heterocycles. The van der Waals surface area contributed by atoms with Crippen LogP contribution in [-0.4, -0.2) is 210 Å². The maximum Gasteiger partial charge on any atom is 0.332 e. The summed E-state index contributed by atoms with van der Waals surface area (Å²) in [6.07, 6.45) is -16.9. The predicted molar refractivity (Wildman–Crippen MR) is 274 cm³/mol. The Morgan fingerprint density at radius 3 is 2.18 bits per heavy atom. The van der Waals surface area contributed by atoms with Crippen LogP contribution in [0.1, 0.15) is 76.8 Å². The molecule has 0 radical (unpaired) electrons. The molecule has 9 rings (SSSR count). The molecular weight excluding hydrogens is 1040 g/mol. The van der Waals surface area contributed by atoms with E-state index in [-0.39, 0.29) is 38.4 Å². The minimum absolute atomic E-state index is 0.0218. The van der Waals surface area contributed by atoms with Crippen LogP contribution < -0.4 is 10.1 Å². The number of hydrogen-bond acceptors (Lipinski definition) is 21. The van der Waals surface area contributed by atoms with E-state index in [9.17, 15) is 55.5 Å². The van der Waals surface area contributed by atoms with Crippen molar-refractivity contribution in [2.24, 2.45) is 11.8 Å². The highest BCUT2D eigenvalue weighted by molar-refractivity contribution is 5.74. The van der Waals surface area contributed by atoms with Gasteiger partial charge in [0.2, 0.25) is 5.91 Å². The van der Waals surface area contributed by atoms with E-state index in [1.807, 2.05) is 54.6 Å². The van der Waals surface area contributed by atoms with Crippen LogP contribution in [0.4, 0.5) is 0 Å².